The molecule has 0 fully saturated rings. The molecule has 4 N–H and O–H groups in total. The summed E-state index contributed by atoms with van der Waals surface area (Å²) in [5, 5.41) is 8.75. The molecule has 2 aliphatic carbocycles. The molecule has 0 aliphatic heterocycles. The first-order valence-electron chi connectivity index (χ1n) is 6.65. The van der Waals surface area contributed by atoms with Crippen LogP contribution in [-0.4, -0.2) is 35.7 Å². The number of rotatable bonds is 3. The van der Waals surface area contributed by atoms with E-state index in [0.29, 0.717) is 5.56 Å². The maximum atomic E-state index is 10.6. The Kier molecular flexibility index (Phi) is 8.05. The number of carboxylic acid groups (broad SMARTS) is 1. The molecule has 0 saturated carbocycles. The maximum Gasteiger partial charge on any atom is 0.335 e. The number of hydrogen-bond donors (Lipinski definition) is 3. The highest BCUT2D eigenvalue weighted by molar-refractivity contribution is 5.92. The van der Waals surface area contributed by atoms with E-state index in [9.17, 15) is 4.79 Å². The molecule has 0 aromatic heterocycles. The van der Waals surface area contributed by atoms with Gasteiger partial charge >= 0.3 is 5.97 Å². The molecule has 0 radical (unpaired) electrons. The highest BCUT2D eigenvalue weighted by atomic mass is 35.5. The number of nitrogens with two attached hydrogens (primary N) is 1. The van der Waals surface area contributed by atoms with Crippen molar-refractivity contribution in [2.24, 2.45) is 5.84 Å². The van der Waals surface area contributed by atoms with Crippen molar-refractivity contribution >= 4 is 18.4 Å². The van der Waals surface area contributed by atoms with Crippen LogP contribution in [0.4, 0.5) is 0 Å². The minimum absolute atomic E-state index is 0. The molecular weight excluding hydrogens is 302 g/mol. The van der Waals surface area contributed by atoms with Crippen molar-refractivity contribution in [3.63, 3.8) is 0 Å². The van der Waals surface area contributed by atoms with E-state index < -0.39 is 5.97 Å². The normalized spacial score (nSPS) is 10.6. The van der Waals surface area contributed by atoms with Gasteiger partial charge in [-0.15, -0.1) is 12.4 Å². The van der Waals surface area contributed by atoms with Crippen molar-refractivity contribution < 1.29 is 9.90 Å². The minimum Gasteiger partial charge on any atom is -0.478 e. The number of halogens is 1. The van der Waals surface area contributed by atoms with Crippen molar-refractivity contribution in [3.05, 3.63) is 48.0 Å². The van der Waals surface area contributed by atoms with Gasteiger partial charge in [0.25, 0.3) is 0 Å². The summed E-state index contributed by atoms with van der Waals surface area (Å²) in [6, 6.07) is 12.9. The van der Waals surface area contributed by atoms with Crippen LogP contribution in [0.1, 0.15) is 24.2 Å². The molecule has 0 amide bonds. The van der Waals surface area contributed by atoms with Crippen molar-refractivity contribution in [1.82, 2.24) is 10.3 Å². The van der Waals surface area contributed by atoms with E-state index in [4.69, 9.17) is 10.9 Å². The SMILES string of the molecule is CN(C)C(C)(C)NN.Cl.O=C(O)c1cc2cccccc-2c1. The number of carbonyl (C=O) groups is 1. The Balaban J connectivity index is 0.000000432. The first-order valence-corrected chi connectivity index (χ1v) is 6.65. The number of hydrazine groups is 1. The molecule has 2 rings (SSSR count). The van der Waals surface area contributed by atoms with Gasteiger partial charge in [0.2, 0.25) is 0 Å². The molecule has 0 unspecified atom stereocenters. The summed E-state index contributed by atoms with van der Waals surface area (Å²) < 4.78 is 0. The summed E-state index contributed by atoms with van der Waals surface area (Å²) in [5.74, 6) is 4.34. The fourth-order valence-corrected chi connectivity index (χ4v) is 1.47. The summed E-state index contributed by atoms with van der Waals surface area (Å²) in [6.07, 6.45) is 0. The molecule has 6 heteroatoms. The second-order valence-electron chi connectivity index (χ2n) is 5.47. The van der Waals surface area contributed by atoms with Gasteiger partial charge in [0, 0.05) is 0 Å². The molecule has 0 aromatic carbocycles. The Morgan fingerprint density at radius 3 is 1.86 bits per heavy atom. The zero-order valence-electron chi connectivity index (χ0n) is 13.3. The predicted molar refractivity (Wildman–Crippen MR) is 92.4 cm³/mol. The number of nitrogens with zero attached hydrogens (tertiary/aromatic N) is 1. The number of carboxylic acids is 1. The second kappa shape index (κ2) is 8.70. The van der Waals surface area contributed by atoms with E-state index in [1.165, 1.54) is 0 Å². The predicted octanol–water partition coefficient (Wildman–Crippen LogP) is 2.66. The van der Waals surface area contributed by atoms with Gasteiger partial charge in [-0.2, -0.15) is 0 Å². The Bertz CT molecular complexity index is 542. The fraction of sp³-hybridized carbons (Fsp3) is 0.312. The third-order valence-electron chi connectivity index (χ3n) is 3.45. The van der Waals surface area contributed by atoms with Crippen LogP contribution in [0.2, 0.25) is 0 Å². The molecule has 0 bridgehead atoms. The maximum absolute atomic E-state index is 10.6. The number of nitrogens with one attached hydrogen (secondary N) is 1. The third-order valence-corrected chi connectivity index (χ3v) is 3.45. The molecule has 0 aromatic rings. The molecular formula is C16H24ClN3O2. The minimum atomic E-state index is -0.876. The molecule has 5 nitrogen and oxygen atoms in total. The molecule has 0 atom stereocenters. The van der Waals surface area contributed by atoms with Crippen LogP contribution < -0.4 is 11.3 Å². The van der Waals surface area contributed by atoms with Gasteiger partial charge in [-0.1, -0.05) is 30.3 Å². The van der Waals surface area contributed by atoms with E-state index in [1.54, 1.807) is 12.1 Å². The van der Waals surface area contributed by atoms with E-state index >= 15 is 0 Å². The van der Waals surface area contributed by atoms with Crippen LogP contribution in [0, 0.1) is 0 Å². The monoisotopic (exact) mass is 325 g/mol. The topological polar surface area (TPSA) is 78.6 Å². The Labute approximate surface area is 137 Å². The lowest BCUT2D eigenvalue weighted by molar-refractivity contribution is 0.0697. The molecule has 0 spiro atoms. The first kappa shape index (κ1) is 20.3. The smallest absolute Gasteiger partial charge is 0.335 e. The highest BCUT2D eigenvalue weighted by Gasteiger charge is 2.16. The average molecular weight is 326 g/mol. The van der Waals surface area contributed by atoms with Crippen molar-refractivity contribution in [2.75, 3.05) is 14.1 Å². The van der Waals surface area contributed by atoms with Crippen LogP contribution in [-0.2, 0) is 0 Å². The molecule has 122 valence electrons. The van der Waals surface area contributed by atoms with Gasteiger partial charge in [0.15, 0.2) is 0 Å². The molecule has 0 saturated heterocycles. The van der Waals surface area contributed by atoms with E-state index in [-0.39, 0.29) is 18.1 Å². The van der Waals surface area contributed by atoms with E-state index in [1.807, 2.05) is 63.2 Å². The lowest BCUT2D eigenvalue weighted by atomic mass is 10.2. The fourth-order valence-electron chi connectivity index (χ4n) is 1.47. The highest BCUT2D eigenvalue weighted by Crippen LogP contribution is 2.24. The lowest BCUT2D eigenvalue weighted by Gasteiger charge is -2.31. The standard InChI is InChI=1S/C11H8O2.C5H15N3.ClH/c12-11(13)10-6-8-4-2-1-3-5-9(8)7-10;1-5(2,7-6)8(3)4;/h1-7H,(H,12,13);7H,6H2,1-4H3;1H. The second-order valence-corrected chi connectivity index (χ2v) is 5.47. The van der Waals surface area contributed by atoms with Gasteiger partial charge in [0.05, 0.1) is 11.2 Å². The Morgan fingerprint density at radius 1 is 1.14 bits per heavy atom. The summed E-state index contributed by atoms with van der Waals surface area (Å²) in [5.41, 5.74) is 4.84. The molecule has 22 heavy (non-hydrogen) atoms. The summed E-state index contributed by atoms with van der Waals surface area (Å²) >= 11 is 0. The van der Waals surface area contributed by atoms with Crippen molar-refractivity contribution in [3.8, 4) is 11.1 Å². The van der Waals surface area contributed by atoms with Crippen LogP contribution in [0.25, 0.3) is 11.1 Å². The Hall–Kier alpha value is -1.66. The first-order chi connectivity index (χ1) is 9.77. The number of aromatic carboxylic acids is 1. The third kappa shape index (κ3) is 5.61. The lowest BCUT2D eigenvalue weighted by Crippen LogP contribution is -2.54. The van der Waals surface area contributed by atoms with Crippen LogP contribution >= 0.6 is 12.4 Å². The summed E-state index contributed by atoms with van der Waals surface area (Å²) in [7, 11) is 3.94. The zero-order chi connectivity index (χ0) is 16.0. The Morgan fingerprint density at radius 2 is 1.59 bits per heavy atom. The summed E-state index contributed by atoms with van der Waals surface area (Å²) in [6.45, 7) is 4.01. The van der Waals surface area contributed by atoms with E-state index in [2.05, 4.69) is 5.43 Å². The van der Waals surface area contributed by atoms with Gasteiger partial charge in [0.1, 0.15) is 0 Å². The van der Waals surface area contributed by atoms with Gasteiger partial charge in [-0.3, -0.25) is 10.7 Å². The number of fused-ring (bicyclic) bond motifs is 1. The van der Waals surface area contributed by atoms with Gasteiger partial charge in [-0.05, 0) is 51.2 Å². The van der Waals surface area contributed by atoms with Crippen molar-refractivity contribution in [2.45, 2.75) is 19.5 Å². The van der Waals surface area contributed by atoms with Gasteiger partial charge in [-0.25, -0.2) is 10.2 Å². The molecule has 0 heterocycles. The van der Waals surface area contributed by atoms with Gasteiger partial charge < -0.3 is 5.11 Å². The van der Waals surface area contributed by atoms with Crippen LogP contribution in [0.5, 0.6) is 0 Å². The zero-order valence-corrected chi connectivity index (χ0v) is 14.1. The van der Waals surface area contributed by atoms with Crippen molar-refractivity contribution in [1.29, 1.82) is 0 Å². The average Bonchev–Trinajstić information content (AvgIpc) is 2.71. The van der Waals surface area contributed by atoms with E-state index in [0.717, 1.165) is 11.1 Å². The number of hydrogen-bond acceptors (Lipinski definition) is 4. The quantitative estimate of drug-likeness (QED) is 0.459. The largest absolute Gasteiger partial charge is 0.478 e. The van der Waals surface area contributed by atoms with Crippen LogP contribution in [0.15, 0.2) is 42.5 Å². The molecule has 2 aliphatic rings. The summed E-state index contributed by atoms with van der Waals surface area (Å²) in [4.78, 5) is 12.7. The van der Waals surface area contributed by atoms with Crippen LogP contribution in [0.3, 0.4) is 0 Å².